The van der Waals surface area contributed by atoms with Crippen molar-refractivity contribution in [1.29, 1.82) is 0 Å². The highest BCUT2D eigenvalue weighted by Crippen LogP contribution is 2.22. The highest BCUT2D eigenvalue weighted by molar-refractivity contribution is 7.99. The fourth-order valence-corrected chi connectivity index (χ4v) is 2.51. The van der Waals surface area contributed by atoms with Gasteiger partial charge in [0.05, 0.1) is 6.61 Å². The van der Waals surface area contributed by atoms with Gasteiger partial charge in [0, 0.05) is 23.7 Å². The molecule has 0 spiro atoms. The Morgan fingerprint density at radius 2 is 2.29 bits per heavy atom. The Morgan fingerprint density at radius 1 is 1.59 bits per heavy atom. The van der Waals surface area contributed by atoms with E-state index >= 15 is 0 Å². The van der Waals surface area contributed by atoms with E-state index in [1.807, 2.05) is 6.92 Å². The zero-order valence-electron chi connectivity index (χ0n) is 10.6. The summed E-state index contributed by atoms with van der Waals surface area (Å²) in [6.45, 7) is 4.53. The zero-order chi connectivity index (χ0) is 12.7. The van der Waals surface area contributed by atoms with Crippen LogP contribution < -0.4 is 5.32 Å². The lowest BCUT2D eigenvalue weighted by molar-refractivity contribution is -0.145. The molecule has 0 heterocycles. The topological polar surface area (TPSA) is 58.6 Å². The Bertz CT molecular complexity index is 234. The Morgan fingerprint density at radius 3 is 2.82 bits per heavy atom. The SMILES string of the molecule is CCOC(=O)C(CSC(C)CCO)NC1CC1. The molecule has 1 saturated carbocycles. The summed E-state index contributed by atoms with van der Waals surface area (Å²) in [7, 11) is 0. The summed E-state index contributed by atoms with van der Waals surface area (Å²) in [4.78, 5) is 11.7. The average Bonchev–Trinajstić information content (AvgIpc) is 3.08. The maximum absolute atomic E-state index is 11.7. The van der Waals surface area contributed by atoms with Crippen LogP contribution in [0.15, 0.2) is 0 Å². The van der Waals surface area contributed by atoms with Gasteiger partial charge in [0.15, 0.2) is 0 Å². The number of rotatable bonds is 9. The van der Waals surface area contributed by atoms with Gasteiger partial charge in [-0.05, 0) is 26.2 Å². The fraction of sp³-hybridized carbons (Fsp3) is 0.917. The lowest BCUT2D eigenvalue weighted by atomic mass is 10.3. The number of ether oxygens (including phenoxy) is 1. The first-order valence-electron chi connectivity index (χ1n) is 6.32. The molecular weight excluding hydrogens is 238 g/mol. The van der Waals surface area contributed by atoms with Crippen LogP contribution in [-0.4, -0.2) is 47.4 Å². The molecule has 2 atom stereocenters. The summed E-state index contributed by atoms with van der Waals surface area (Å²) in [6.07, 6.45) is 3.09. The molecule has 0 bridgehead atoms. The van der Waals surface area contributed by atoms with E-state index < -0.39 is 0 Å². The lowest BCUT2D eigenvalue weighted by Gasteiger charge is -2.18. The van der Waals surface area contributed by atoms with Crippen LogP contribution in [0.25, 0.3) is 0 Å². The number of thioether (sulfide) groups is 1. The molecule has 1 fully saturated rings. The second-order valence-electron chi connectivity index (χ2n) is 4.40. The molecule has 1 rings (SSSR count). The third kappa shape index (κ3) is 6.29. The van der Waals surface area contributed by atoms with Crippen LogP contribution in [0.3, 0.4) is 0 Å². The van der Waals surface area contributed by atoms with E-state index in [1.165, 1.54) is 0 Å². The van der Waals surface area contributed by atoms with E-state index in [-0.39, 0.29) is 18.6 Å². The third-order valence-corrected chi connectivity index (χ3v) is 4.00. The molecule has 1 aliphatic rings. The molecule has 17 heavy (non-hydrogen) atoms. The van der Waals surface area contributed by atoms with Crippen molar-refractivity contribution in [1.82, 2.24) is 5.32 Å². The summed E-state index contributed by atoms with van der Waals surface area (Å²) in [5.41, 5.74) is 0. The Hall–Kier alpha value is -0.260. The molecule has 1 aliphatic carbocycles. The van der Waals surface area contributed by atoms with Crippen molar-refractivity contribution < 1.29 is 14.6 Å². The number of esters is 1. The van der Waals surface area contributed by atoms with Gasteiger partial charge in [-0.25, -0.2) is 0 Å². The molecule has 0 saturated heterocycles. The van der Waals surface area contributed by atoms with Gasteiger partial charge >= 0.3 is 5.97 Å². The second kappa shape index (κ2) is 7.95. The fourth-order valence-electron chi connectivity index (χ4n) is 1.49. The van der Waals surface area contributed by atoms with Crippen molar-refractivity contribution >= 4 is 17.7 Å². The second-order valence-corrected chi connectivity index (χ2v) is 5.87. The number of carbonyl (C=O) groups excluding carboxylic acids is 1. The normalized spacial score (nSPS) is 18.8. The summed E-state index contributed by atoms with van der Waals surface area (Å²) in [5, 5.41) is 12.5. The summed E-state index contributed by atoms with van der Waals surface area (Å²) in [5.74, 6) is 0.569. The van der Waals surface area contributed by atoms with Crippen molar-refractivity contribution in [2.24, 2.45) is 0 Å². The van der Waals surface area contributed by atoms with Crippen LogP contribution in [0.5, 0.6) is 0 Å². The number of aliphatic hydroxyl groups is 1. The van der Waals surface area contributed by atoms with Gasteiger partial charge in [0.2, 0.25) is 0 Å². The maximum atomic E-state index is 11.7. The average molecular weight is 261 g/mol. The number of aliphatic hydroxyl groups excluding tert-OH is 1. The van der Waals surface area contributed by atoms with Crippen molar-refractivity contribution in [3.63, 3.8) is 0 Å². The zero-order valence-corrected chi connectivity index (χ0v) is 11.5. The van der Waals surface area contributed by atoms with E-state index in [1.54, 1.807) is 11.8 Å². The van der Waals surface area contributed by atoms with Crippen LogP contribution >= 0.6 is 11.8 Å². The molecule has 100 valence electrons. The standard InChI is InChI=1S/C12H23NO3S/c1-3-16-12(15)11(13-10-4-5-10)8-17-9(2)6-7-14/h9-11,13-14H,3-8H2,1-2H3. The van der Waals surface area contributed by atoms with Crippen molar-refractivity contribution in [2.75, 3.05) is 19.0 Å². The molecule has 4 nitrogen and oxygen atoms in total. The van der Waals surface area contributed by atoms with E-state index in [2.05, 4.69) is 12.2 Å². The van der Waals surface area contributed by atoms with Gasteiger partial charge in [-0.15, -0.1) is 0 Å². The Labute approximate surface area is 107 Å². The highest BCUT2D eigenvalue weighted by Gasteiger charge is 2.29. The van der Waals surface area contributed by atoms with E-state index in [0.717, 1.165) is 25.0 Å². The molecule has 0 aromatic heterocycles. The predicted octanol–water partition coefficient (Wildman–Crippen LogP) is 1.17. The molecule has 2 N–H and O–H groups in total. The van der Waals surface area contributed by atoms with Crippen molar-refractivity contribution in [3.8, 4) is 0 Å². The molecule has 0 aromatic rings. The molecule has 0 aliphatic heterocycles. The smallest absolute Gasteiger partial charge is 0.323 e. The number of hydrogen-bond donors (Lipinski definition) is 2. The minimum atomic E-state index is -0.200. The van der Waals surface area contributed by atoms with Crippen molar-refractivity contribution in [3.05, 3.63) is 0 Å². The molecule has 0 aromatic carbocycles. The van der Waals surface area contributed by atoms with Crippen LogP contribution in [0, 0.1) is 0 Å². The maximum Gasteiger partial charge on any atom is 0.323 e. The van der Waals surface area contributed by atoms with Crippen molar-refractivity contribution in [2.45, 2.75) is 50.4 Å². The van der Waals surface area contributed by atoms with Gasteiger partial charge in [0.25, 0.3) is 0 Å². The van der Waals surface area contributed by atoms with E-state index in [0.29, 0.717) is 17.9 Å². The predicted molar refractivity (Wildman–Crippen MR) is 70.2 cm³/mol. The largest absolute Gasteiger partial charge is 0.465 e. The van der Waals surface area contributed by atoms with Crippen LogP contribution in [0.1, 0.15) is 33.1 Å². The monoisotopic (exact) mass is 261 g/mol. The number of hydrogen-bond acceptors (Lipinski definition) is 5. The number of nitrogens with one attached hydrogen (secondary N) is 1. The minimum absolute atomic E-state index is 0.150. The van der Waals surface area contributed by atoms with Crippen LogP contribution in [-0.2, 0) is 9.53 Å². The molecule has 0 amide bonds. The first kappa shape index (κ1) is 14.8. The number of carbonyl (C=O) groups is 1. The quantitative estimate of drug-likeness (QED) is 0.610. The molecule has 5 heteroatoms. The molecular formula is C12H23NO3S. The first-order chi connectivity index (χ1) is 8.17. The van der Waals surface area contributed by atoms with E-state index in [4.69, 9.17) is 9.84 Å². The first-order valence-corrected chi connectivity index (χ1v) is 7.37. The van der Waals surface area contributed by atoms with Gasteiger partial charge in [0.1, 0.15) is 6.04 Å². The van der Waals surface area contributed by atoms with Gasteiger partial charge in [-0.2, -0.15) is 11.8 Å². The van der Waals surface area contributed by atoms with Gasteiger partial charge in [-0.1, -0.05) is 6.92 Å². The van der Waals surface area contributed by atoms with Crippen LogP contribution in [0.2, 0.25) is 0 Å². The Kier molecular flexibility index (Phi) is 6.92. The van der Waals surface area contributed by atoms with E-state index in [9.17, 15) is 4.79 Å². The molecule has 2 unspecified atom stereocenters. The van der Waals surface area contributed by atoms with Gasteiger partial charge in [-0.3, -0.25) is 4.79 Å². The van der Waals surface area contributed by atoms with Gasteiger partial charge < -0.3 is 15.2 Å². The summed E-state index contributed by atoms with van der Waals surface area (Å²) >= 11 is 1.71. The summed E-state index contributed by atoms with van der Waals surface area (Å²) in [6, 6.07) is 0.298. The third-order valence-electron chi connectivity index (χ3n) is 2.67. The highest BCUT2D eigenvalue weighted by atomic mass is 32.2. The minimum Gasteiger partial charge on any atom is -0.465 e. The lowest BCUT2D eigenvalue weighted by Crippen LogP contribution is -2.41. The molecule has 0 radical (unpaired) electrons. The van der Waals surface area contributed by atoms with Crippen LogP contribution in [0.4, 0.5) is 0 Å². The Balaban J connectivity index is 2.31. The summed E-state index contributed by atoms with van der Waals surface area (Å²) < 4.78 is 5.06.